The minimum Gasteiger partial charge on any atom is -0.397 e. The van der Waals surface area contributed by atoms with Crippen molar-refractivity contribution in [1.29, 1.82) is 5.26 Å². The molecule has 0 atom stereocenters. The van der Waals surface area contributed by atoms with Crippen molar-refractivity contribution in [2.75, 3.05) is 5.73 Å². The second-order valence-electron chi connectivity index (χ2n) is 2.50. The Morgan fingerprint density at radius 1 is 1.54 bits per heavy atom. The molecule has 0 radical (unpaired) electrons. The summed E-state index contributed by atoms with van der Waals surface area (Å²) < 4.78 is 0. The number of fused-ring (bicyclic) bond motifs is 1. The van der Waals surface area contributed by atoms with Gasteiger partial charge in [-0.25, -0.2) is 0 Å². The largest absolute Gasteiger partial charge is 0.397 e. The molecule has 1 aromatic heterocycles. The highest BCUT2D eigenvalue weighted by molar-refractivity contribution is 8.04. The summed E-state index contributed by atoms with van der Waals surface area (Å²) in [7, 11) is 0. The summed E-state index contributed by atoms with van der Waals surface area (Å²) in [6.45, 7) is 0. The van der Waals surface area contributed by atoms with Gasteiger partial charge in [0.1, 0.15) is 5.40 Å². The Hall–Kier alpha value is -1.67. The number of hydrogen-bond donors (Lipinski definition) is 2. The van der Waals surface area contributed by atoms with Gasteiger partial charge in [0, 0.05) is 10.3 Å². The SMILES string of the molecule is N#CSc1ccc(N)c2[nH]ncc12. The quantitative estimate of drug-likeness (QED) is 0.407. The molecule has 3 N–H and O–H groups in total. The van der Waals surface area contributed by atoms with Crippen molar-refractivity contribution in [3.63, 3.8) is 0 Å². The average molecular weight is 190 g/mol. The van der Waals surface area contributed by atoms with Crippen LogP contribution in [0.5, 0.6) is 0 Å². The molecular formula is C8H6N4S. The van der Waals surface area contributed by atoms with E-state index in [2.05, 4.69) is 10.2 Å². The lowest BCUT2D eigenvalue weighted by molar-refractivity contribution is 1.12. The molecular weight excluding hydrogens is 184 g/mol. The third-order valence-corrected chi connectivity index (χ3v) is 2.43. The number of aromatic nitrogens is 2. The van der Waals surface area contributed by atoms with Crippen LogP contribution in [-0.2, 0) is 0 Å². The van der Waals surface area contributed by atoms with Gasteiger partial charge in [0.25, 0.3) is 0 Å². The van der Waals surface area contributed by atoms with E-state index in [1.807, 2.05) is 11.5 Å². The van der Waals surface area contributed by atoms with Crippen LogP contribution in [0.4, 0.5) is 5.69 Å². The molecule has 2 aromatic rings. The van der Waals surface area contributed by atoms with E-state index in [9.17, 15) is 0 Å². The van der Waals surface area contributed by atoms with E-state index in [0.29, 0.717) is 5.69 Å². The molecule has 1 heterocycles. The lowest BCUT2D eigenvalue weighted by Crippen LogP contribution is -1.86. The van der Waals surface area contributed by atoms with Gasteiger partial charge in [-0.1, -0.05) is 0 Å². The fraction of sp³-hybridized carbons (Fsp3) is 0. The number of thioether (sulfide) groups is 1. The molecule has 0 spiro atoms. The third kappa shape index (κ3) is 1.21. The van der Waals surface area contributed by atoms with Crippen LogP contribution in [0.2, 0.25) is 0 Å². The topological polar surface area (TPSA) is 78.5 Å². The molecule has 0 aliphatic rings. The Morgan fingerprint density at radius 3 is 3.15 bits per heavy atom. The van der Waals surface area contributed by atoms with E-state index < -0.39 is 0 Å². The molecule has 0 bridgehead atoms. The zero-order valence-corrected chi connectivity index (χ0v) is 7.43. The Labute approximate surface area is 78.7 Å². The van der Waals surface area contributed by atoms with Crippen molar-refractivity contribution in [3.8, 4) is 5.40 Å². The molecule has 0 amide bonds. The van der Waals surface area contributed by atoms with Crippen molar-refractivity contribution in [3.05, 3.63) is 18.3 Å². The monoisotopic (exact) mass is 190 g/mol. The van der Waals surface area contributed by atoms with Gasteiger partial charge < -0.3 is 5.73 Å². The van der Waals surface area contributed by atoms with Crippen LogP contribution in [0.1, 0.15) is 0 Å². The van der Waals surface area contributed by atoms with E-state index in [4.69, 9.17) is 11.0 Å². The van der Waals surface area contributed by atoms with Crippen molar-refractivity contribution in [1.82, 2.24) is 10.2 Å². The summed E-state index contributed by atoms with van der Waals surface area (Å²) in [6, 6.07) is 3.58. The van der Waals surface area contributed by atoms with Crippen LogP contribution in [0.15, 0.2) is 23.2 Å². The highest BCUT2D eigenvalue weighted by Gasteiger charge is 2.05. The number of nitrogens with zero attached hydrogens (tertiary/aromatic N) is 2. The molecule has 2 rings (SSSR count). The highest BCUT2D eigenvalue weighted by Crippen LogP contribution is 2.29. The molecule has 0 saturated heterocycles. The van der Waals surface area contributed by atoms with Crippen LogP contribution in [0, 0.1) is 10.7 Å². The molecule has 0 unspecified atom stereocenters. The Kier molecular flexibility index (Phi) is 1.83. The number of benzene rings is 1. The molecule has 0 aliphatic heterocycles. The molecule has 0 saturated carbocycles. The lowest BCUT2D eigenvalue weighted by Gasteiger charge is -1.98. The van der Waals surface area contributed by atoms with Crippen LogP contribution in [0.25, 0.3) is 10.9 Å². The molecule has 64 valence electrons. The second-order valence-corrected chi connectivity index (χ2v) is 3.33. The van der Waals surface area contributed by atoms with Gasteiger partial charge in [-0.15, -0.1) is 0 Å². The Bertz CT molecular complexity index is 482. The number of H-pyrrole nitrogens is 1. The van der Waals surface area contributed by atoms with Crippen LogP contribution in [0.3, 0.4) is 0 Å². The van der Waals surface area contributed by atoms with E-state index in [-0.39, 0.29) is 0 Å². The smallest absolute Gasteiger partial charge is 0.138 e. The molecule has 13 heavy (non-hydrogen) atoms. The van der Waals surface area contributed by atoms with E-state index in [1.54, 1.807) is 12.3 Å². The highest BCUT2D eigenvalue weighted by atomic mass is 32.2. The lowest BCUT2D eigenvalue weighted by atomic mass is 10.2. The van der Waals surface area contributed by atoms with Crippen LogP contribution >= 0.6 is 11.8 Å². The first-order valence-electron chi connectivity index (χ1n) is 3.60. The number of nitrogens with two attached hydrogens (primary N) is 1. The van der Waals surface area contributed by atoms with Crippen LogP contribution < -0.4 is 5.73 Å². The van der Waals surface area contributed by atoms with Gasteiger partial charge >= 0.3 is 0 Å². The molecule has 4 nitrogen and oxygen atoms in total. The number of nitrogens with one attached hydrogen (secondary N) is 1. The summed E-state index contributed by atoms with van der Waals surface area (Å²) in [5.74, 6) is 0. The van der Waals surface area contributed by atoms with Crippen molar-refractivity contribution >= 4 is 28.4 Å². The summed E-state index contributed by atoms with van der Waals surface area (Å²) in [4.78, 5) is 0.875. The standard InChI is InChI=1S/C8H6N4S/c9-4-13-7-2-1-6(10)8-5(7)3-11-12-8/h1-3H,10H2,(H,11,12). The van der Waals surface area contributed by atoms with E-state index >= 15 is 0 Å². The van der Waals surface area contributed by atoms with Gasteiger partial charge in [0.2, 0.25) is 0 Å². The minimum atomic E-state index is 0.648. The van der Waals surface area contributed by atoms with Gasteiger partial charge in [0.15, 0.2) is 0 Å². The maximum Gasteiger partial charge on any atom is 0.138 e. The van der Waals surface area contributed by atoms with E-state index in [1.165, 1.54) is 0 Å². The van der Waals surface area contributed by atoms with Gasteiger partial charge in [0.05, 0.1) is 17.4 Å². The number of nitriles is 1. The van der Waals surface area contributed by atoms with Crippen molar-refractivity contribution in [2.24, 2.45) is 0 Å². The Balaban J connectivity index is 2.72. The predicted octanol–water partition coefficient (Wildman–Crippen LogP) is 1.72. The fourth-order valence-electron chi connectivity index (χ4n) is 1.17. The van der Waals surface area contributed by atoms with Crippen molar-refractivity contribution < 1.29 is 0 Å². The molecule has 1 aromatic carbocycles. The first-order chi connectivity index (χ1) is 6.33. The fourth-order valence-corrected chi connectivity index (χ4v) is 1.67. The number of rotatable bonds is 1. The van der Waals surface area contributed by atoms with Gasteiger partial charge in [-0.05, 0) is 23.9 Å². The number of anilines is 1. The second kappa shape index (κ2) is 2.99. The maximum atomic E-state index is 8.54. The van der Waals surface area contributed by atoms with Crippen LogP contribution in [-0.4, -0.2) is 10.2 Å². The van der Waals surface area contributed by atoms with Crippen molar-refractivity contribution in [2.45, 2.75) is 4.90 Å². The summed E-state index contributed by atoms with van der Waals surface area (Å²) in [6.07, 6.45) is 1.67. The summed E-state index contributed by atoms with van der Waals surface area (Å²) in [5, 5.41) is 18.1. The maximum absolute atomic E-state index is 8.54. The summed E-state index contributed by atoms with van der Waals surface area (Å²) in [5.41, 5.74) is 7.14. The minimum absolute atomic E-state index is 0.648. The number of hydrogen-bond acceptors (Lipinski definition) is 4. The zero-order valence-electron chi connectivity index (χ0n) is 6.61. The number of thiocyanates is 1. The summed E-state index contributed by atoms with van der Waals surface area (Å²) >= 11 is 1.11. The first kappa shape index (κ1) is 7.95. The molecule has 5 heteroatoms. The van der Waals surface area contributed by atoms with E-state index in [0.717, 1.165) is 27.6 Å². The zero-order chi connectivity index (χ0) is 9.26. The number of nitrogen functional groups attached to an aromatic ring is 1. The third-order valence-electron chi connectivity index (χ3n) is 1.76. The van der Waals surface area contributed by atoms with Gasteiger partial charge in [-0.3, -0.25) is 5.10 Å². The van der Waals surface area contributed by atoms with Gasteiger partial charge in [-0.2, -0.15) is 10.4 Å². The molecule has 0 aliphatic carbocycles. The number of aromatic amines is 1. The molecule has 0 fully saturated rings. The first-order valence-corrected chi connectivity index (χ1v) is 4.42. The normalized spacial score (nSPS) is 10.1. The average Bonchev–Trinajstić information content (AvgIpc) is 2.59. The Morgan fingerprint density at radius 2 is 2.38 bits per heavy atom. The predicted molar refractivity (Wildman–Crippen MR) is 52.0 cm³/mol.